The molecule has 0 amide bonds. The Kier molecular flexibility index (Phi) is 3.69. The number of hydrogen-bond acceptors (Lipinski definition) is 3. The summed E-state index contributed by atoms with van der Waals surface area (Å²) in [5.74, 6) is 4.54. The molecule has 14 heavy (non-hydrogen) atoms. The average Bonchev–Trinajstić information content (AvgIpc) is 2.14. The van der Waals surface area contributed by atoms with Crippen LogP contribution in [0.15, 0.2) is 6.07 Å². The van der Waals surface area contributed by atoms with Crippen molar-refractivity contribution in [3.05, 3.63) is 28.0 Å². The molecule has 5 heteroatoms. The zero-order valence-electron chi connectivity index (χ0n) is 7.93. The smallest absolute Gasteiger partial charge is 0.166 e. The Morgan fingerprint density at radius 3 is 2.71 bits per heavy atom. The second kappa shape index (κ2) is 4.59. The zero-order valence-corrected chi connectivity index (χ0v) is 8.69. The Morgan fingerprint density at radius 1 is 1.57 bits per heavy atom. The van der Waals surface area contributed by atoms with E-state index < -0.39 is 5.82 Å². The van der Waals surface area contributed by atoms with Gasteiger partial charge >= 0.3 is 0 Å². The van der Waals surface area contributed by atoms with Gasteiger partial charge in [-0.3, -0.25) is 4.84 Å². The summed E-state index contributed by atoms with van der Waals surface area (Å²) < 4.78 is 18.2. The fourth-order valence-electron chi connectivity index (χ4n) is 1.22. The van der Waals surface area contributed by atoms with Crippen LogP contribution in [0, 0.1) is 12.7 Å². The van der Waals surface area contributed by atoms with Gasteiger partial charge in [0.25, 0.3) is 0 Å². The van der Waals surface area contributed by atoms with E-state index in [4.69, 9.17) is 22.2 Å². The molecule has 0 saturated heterocycles. The summed E-state index contributed by atoms with van der Waals surface area (Å²) in [7, 11) is 1.38. The third-order valence-electron chi connectivity index (χ3n) is 1.99. The van der Waals surface area contributed by atoms with E-state index in [1.807, 2.05) is 0 Å². The summed E-state index contributed by atoms with van der Waals surface area (Å²) in [6.45, 7) is 1.81. The van der Waals surface area contributed by atoms with E-state index in [0.717, 1.165) is 0 Å². The minimum atomic E-state index is -0.518. The van der Waals surface area contributed by atoms with Crippen LogP contribution in [-0.4, -0.2) is 7.11 Å². The van der Waals surface area contributed by atoms with Gasteiger partial charge in [-0.2, -0.15) is 0 Å². The minimum Gasteiger partial charge on any atom is -0.493 e. The largest absolute Gasteiger partial charge is 0.493 e. The van der Waals surface area contributed by atoms with Crippen molar-refractivity contribution in [1.29, 1.82) is 0 Å². The average molecular weight is 220 g/mol. The predicted molar refractivity (Wildman–Crippen MR) is 51.7 cm³/mol. The summed E-state index contributed by atoms with van der Waals surface area (Å²) in [5.41, 5.74) is 1.23. The molecule has 0 aliphatic rings. The molecular weight excluding hydrogens is 209 g/mol. The van der Waals surface area contributed by atoms with Gasteiger partial charge in [0.2, 0.25) is 0 Å². The van der Waals surface area contributed by atoms with Crippen molar-refractivity contribution >= 4 is 11.6 Å². The molecule has 0 fully saturated rings. The molecule has 0 radical (unpaired) electrons. The van der Waals surface area contributed by atoms with Gasteiger partial charge in [0.05, 0.1) is 13.7 Å². The first-order chi connectivity index (χ1) is 6.61. The second-order valence-corrected chi connectivity index (χ2v) is 3.20. The van der Waals surface area contributed by atoms with E-state index in [9.17, 15) is 4.39 Å². The summed E-state index contributed by atoms with van der Waals surface area (Å²) in [6, 6.07) is 1.20. The lowest BCUT2D eigenvalue weighted by molar-refractivity contribution is 0.121. The normalized spacial score (nSPS) is 10.4. The van der Waals surface area contributed by atoms with Gasteiger partial charge in [-0.25, -0.2) is 10.3 Å². The SMILES string of the molecule is COc1c(F)cc(Cl)c(C)c1CON. The van der Waals surface area contributed by atoms with E-state index in [-0.39, 0.29) is 12.4 Å². The molecule has 2 N–H and O–H groups in total. The molecule has 0 atom stereocenters. The standard InChI is InChI=1S/C9H11ClFNO2/c1-5-6(4-14-12)9(13-2)8(11)3-7(5)10/h3H,4,12H2,1-2H3. The van der Waals surface area contributed by atoms with Gasteiger partial charge in [0, 0.05) is 10.6 Å². The highest BCUT2D eigenvalue weighted by Gasteiger charge is 2.15. The fraction of sp³-hybridized carbons (Fsp3) is 0.333. The van der Waals surface area contributed by atoms with E-state index in [1.54, 1.807) is 6.92 Å². The highest BCUT2D eigenvalue weighted by molar-refractivity contribution is 6.31. The molecule has 0 bridgehead atoms. The number of ether oxygens (including phenoxy) is 1. The van der Waals surface area contributed by atoms with Crippen molar-refractivity contribution in [2.75, 3.05) is 7.11 Å². The lowest BCUT2D eigenvalue weighted by Crippen LogP contribution is -2.05. The number of halogens is 2. The number of hydrogen-bond donors (Lipinski definition) is 1. The quantitative estimate of drug-likeness (QED) is 0.793. The lowest BCUT2D eigenvalue weighted by atomic mass is 10.1. The lowest BCUT2D eigenvalue weighted by Gasteiger charge is -2.12. The number of benzene rings is 1. The monoisotopic (exact) mass is 219 g/mol. The number of methoxy groups -OCH3 is 1. The van der Waals surface area contributed by atoms with Crippen LogP contribution in [0.25, 0.3) is 0 Å². The van der Waals surface area contributed by atoms with E-state index in [1.165, 1.54) is 13.2 Å². The van der Waals surface area contributed by atoms with Crippen molar-refractivity contribution in [3.63, 3.8) is 0 Å². The Labute approximate surface area is 86.5 Å². The molecule has 1 aromatic rings. The molecular formula is C9H11ClFNO2. The molecule has 1 rings (SSSR count). The van der Waals surface area contributed by atoms with Crippen LogP contribution in [0.4, 0.5) is 4.39 Å². The molecule has 0 unspecified atom stereocenters. The van der Waals surface area contributed by atoms with Crippen LogP contribution in [-0.2, 0) is 11.4 Å². The topological polar surface area (TPSA) is 44.5 Å². The Bertz CT molecular complexity index is 344. The summed E-state index contributed by atoms with van der Waals surface area (Å²) in [5, 5.41) is 0.329. The molecule has 0 saturated carbocycles. The van der Waals surface area contributed by atoms with E-state index >= 15 is 0 Å². The molecule has 0 aliphatic heterocycles. The molecule has 1 aromatic carbocycles. The Morgan fingerprint density at radius 2 is 2.21 bits per heavy atom. The molecule has 0 heterocycles. The van der Waals surface area contributed by atoms with Crippen LogP contribution < -0.4 is 10.6 Å². The first-order valence-corrected chi connectivity index (χ1v) is 4.32. The summed E-state index contributed by atoms with van der Waals surface area (Å²) in [6.07, 6.45) is 0. The highest BCUT2D eigenvalue weighted by Crippen LogP contribution is 2.31. The number of nitrogens with two attached hydrogens (primary N) is 1. The first kappa shape index (κ1) is 11.2. The minimum absolute atomic E-state index is 0.0620. The maximum atomic E-state index is 13.3. The maximum absolute atomic E-state index is 13.3. The zero-order chi connectivity index (χ0) is 10.7. The summed E-state index contributed by atoms with van der Waals surface area (Å²) in [4.78, 5) is 4.46. The van der Waals surface area contributed by atoms with Crippen molar-refractivity contribution < 1.29 is 14.0 Å². The van der Waals surface area contributed by atoms with Gasteiger partial charge in [-0.15, -0.1) is 0 Å². The van der Waals surface area contributed by atoms with Crippen molar-refractivity contribution in [3.8, 4) is 5.75 Å². The molecule has 0 spiro atoms. The third kappa shape index (κ3) is 1.97. The predicted octanol–water partition coefficient (Wildman–Crippen LogP) is 2.19. The molecule has 0 aliphatic carbocycles. The third-order valence-corrected chi connectivity index (χ3v) is 2.38. The second-order valence-electron chi connectivity index (χ2n) is 2.79. The van der Waals surface area contributed by atoms with Gasteiger partial charge < -0.3 is 4.74 Å². The molecule has 78 valence electrons. The van der Waals surface area contributed by atoms with Gasteiger partial charge in [0.1, 0.15) is 0 Å². The highest BCUT2D eigenvalue weighted by atomic mass is 35.5. The Hall–Kier alpha value is -0.840. The van der Waals surface area contributed by atoms with Crippen LogP contribution in [0.3, 0.4) is 0 Å². The maximum Gasteiger partial charge on any atom is 0.166 e. The van der Waals surface area contributed by atoms with Gasteiger partial charge in [0.15, 0.2) is 11.6 Å². The van der Waals surface area contributed by atoms with Gasteiger partial charge in [-0.1, -0.05) is 11.6 Å². The van der Waals surface area contributed by atoms with E-state index in [2.05, 4.69) is 4.84 Å². The van der Waals surface area contributed by atoms with Crippen molar-refractivity contribution in [2.45, 2.75) is 13.5 Å². The van der Waals surface area contributed by atoms with Gasteiger partial charge in [-0.05, 0) is 18.6 Å². The van der Waals surface area contributed by atoms with Crippen LogP contribution in [0.1, 0.15) is 11.1 Å². The van der Waals surface area contributed by atoms with E-state index in [0.29, 0.717) is 16.1 Å². The van der Waals surface area contributed by atoms with Crippen LogP contribution >= 0.6 is 11.6 Å². The van der Waals surface area contributed by atoms with Crippen LogP contribution in [0.5, 0.6) is 5.75 Å². The first-order valence-electron chi connectivity index (χ1n) is 3.95. The van der Waals surface area contributed by atoms with Crippen LogP contribution in [0.2, 0.25) is 5.02 Å². The summed E-state index contributed by atoms with van der Waals surface area (Å²) >= 11 is 5.79. The Balaban J connectivity index is 3.32. The molecule has 3 nitrogen and oxygen atoms in total. The van der Waals surface area contributed by atoms with Crippen molar-refractivity contribution in [1.82, 2.24) is 0 Å². The van der Waals surface area contributed by atoms with Crippen molar-refractivity contribution in [2.24, 2.45) is 5.90 Å². The fourth-order valence-corrected chi connectivity index (χ4v) is 1.43. The molecule has 0 aromatic heterocycles. The number of rotatable bonds is 3.